The van der Waals surface area contributed by atoms with Crippen LogP contribution in [-0.4, -0.2) is 11.6 Å². The fourth-order valence-corrected chi connectivity index (χ4v) is 3.16. The number of hydrogen-bond donors (Lipinski definition) is 0. The van der Waals surface area contributed by atoms with Crippen LogP contribution in [0.2, 0.25) is 0 Å². The van der Waals surface area contributed by atoms with Gasteiger partial charge >= 0.3 is 0 Å². The first-order valence-electron chi connectivity index (χ1n) is 7.18. The molecule has 21 heavy (non-hydrogen) atoms. The Bertz CT molecular complexity index is 573. The van der Waals surface area contributed by atoms with E-state index >= 15 is 0 Å². The van der Waals surface area contributed by atoms with E-state index < -0.39 is 0 Å². The second kappa shape index (κ2) is 6.30. The molecule has 0 spiro atoms. The molecule has 1 aliphatic rings. The van der Waals surface area contributed by atoms with Gasteiger partial charge in [0.2, 0.25) is 0 Å². The Morgan fingerprint density at radius 2 is 1.24 bits per heavy atom. The van der Waals surface area contributed by atoms with Crippen molar-refractivity contribution in [1.82, 2.24) is 0 Å². The molecular weight excluding hydrogens is 328 g/mol. The van der Waals surface area contributed by atoms with Crippen LogP contribution in [0, 0.1) is 13.8 Å². The Morgan fingerprint density at radius 1 is 0.810 bits per heavy atom. The summed E-state index contributed by atoms with van der Waals surface area (Å²) in [5.74, 6) is 0. The van der Waals surface area contributed by atoms with Crippen LogP contribution in [0.3, 0.4) is 0 Å². The SMILES string of the molecule is Cc1ccccc1[C@@H]1OC(CBr)O[C@H]1c1ccccc1C. The maximum absolute atomic E-state index is 6.13. The van der Waals surface area contributed by atoms with Crippen LogP contribution in [0.5, 0.6) is 0 Å². The fraction of sp³-hybridized carbons (Fsp3) is 0.333. The van der Waals surface area contributed by atoms with E-state index in [-0.39, 0.29) is 18.5 Å². The first kappa shape index (κ1) is 14.8. The molecule has 0 aromatic heterocycles. The highest BCUT2D eigenvalue weighted by molar-refractivity contribution is 9.09. The number of aryl methyl sites for hydroxylation is 2. The molecule has 0 aliphatic carbocycles. The van der Waals surface area contributed by atoms with Gasteiger partial charge in [-0.15, -0.1) is 0 Å². The van der Waals surface area contributed by atoms with Crippen molar-refractivity contribution in [3.05, 3.63) is 70.8 Å². The average Bonchev–Trinajstić information content (AvgIpc) is 2.92. The second-order valence-electron chi connectivity index (χ2n) is 5.41. The van der Waals surface area contributed by atoms with E-state index in [4.69, 9.17) is 9.47 Å². The fourth-order valence-electron chi connectivity index (χ4n) is 2.86. The van der Waals surface area contributed by atoms with Gasteiger partial charge in [-0.3, -0.25) is 0 Å². The normalized spacial score (nSPS) is 22.6. The van der Waals surface area contributed by atoms with Crippen LogP contribution >= 0.6 is 15.9 Å². The lowest BCUT2D eigenvalue weighted by molar-refractivity contribution is -0.0470. The van der Waals surface area contributed by atoms with E-state index in [1.54, 1.807) is 0 Å². The largest absolute Gasteiger partial charge is 0.341 e. The van der Waals surface area contributed by atoms with Crippen LogP contribution in [0.1, 0.15) is 34.5 Å². The first-order chi connectivity index (χ1) is 10.2. The van der Waals surface area contributed by atoms with E-state index in [1.165, 1.54) is 22.3 Å². The van der Waals surface area contributed by atoms with Crippen molar-refractivity contribution in [2.45, 2.75) is 32.3 Å². The predicted molar refractivity (Wildman–Crippen MR) is 87.6 cm³/mol. The van der Waals surface area contributed by atoms with Crippen molar-refractivity contribution in [1.29, 1.82) is 0 Å². The van der Waals surface area contributed by atoms with Crippen molar-refractivity contribution in [3.8, 4) is 0 Å². The third kappa shape index (κ3) is 2.91. The van der Waals surface area contributed by atoms with Crippen LogP contribution < -0.4 is 0 Å². The summed E-state index contributed by atoms with van der Waals surface area (Å²) in [7, 11) is 0. The number of alkyl halides is 1. The Morgan fingerprint density at radius 3 is 1.62 bits per heavy atom. The van der Waals surface area contributed by atoms with E-state index in [1.807, 2.05) is 0 Å². The van der Waals surface area contributed by atoms with Gasteiger partial charge in [0.15, 0.2) is 6.29 Å². The zero-order valence-corrected chi connectivity index (χ0v) is 13.8. The monoisotopic (exact) mass is 346 g/mol. The van der Waals surface area contributed by atoms with Crippen LogP contribution in [0.25, 0.3) is 0 Å². The molecule has 2 nitrogen and oxygen atoms in total. The third-order valence-corrected chi connectivity index (χ3v) is 4.52. The lowest BCUT2D eigenvalue weighted by Gasteiger charge is -2.20. The van der Waals surface area contributed by atoms with Crippen molar-refractivity contribution >= 4 is 15.9 Å². The molecular formula is C18H19BrO2. The average molecular weight is 347 g/mol. The van der Waals surface area contributed by atoms with Gasteiger partial charge in [-0.2, -0.15) is 0 Å². The van der Waals surface area contributed by atoms with Crippen molar-refractivity contribution in [2.24, 2.45) is 0 Å². The highest BCUT2D eigenvalue weighted by Crippen LogP contribution is 2.44. The molecule has 0 N–H and O–H groups in total. The smallest absolute Gasteiger partial charge is 0.169 e. The molecule has 0 bridgehead atoms. The maximum atomic E-state index is 6.13. The Kier molecular flexibility index (Phi) is 4.43. The predicted octanol–water partition coefficient (Wildman–Crippen LogP) is 4.85. The molecule has 3 rings (SSSR count). The summed E-state index contributed by atoms with van der Waals surface area (Å²) < 4.78 is 12.3. The minimum absolute atomic E-state index is 0.0603. The van der Waals surface area contributed by atoms with Gasteiger partial charge in [-0.25, -0.2) is 0 Å². The minimum Gasteiger partial charge on any atom is -0.341 e. The zero-order chi connectivity index (χ0) is 14.8. The Hall–Kier alpha value is -1.16. The first-order valence-corrected chi connectivity index (χ1v) is 8.31. The summed E-state index contributed by atoms with van der Waals surface area (Å²) in [6, 6.07) is 16.7. The topological polar surface area (TPSA) is 18.5 Å². The second-order valence-corrected chi connectivity index (χ2v) is 6.06. The number of hydrogen-bond acceptors (Lipinski definition) is 2. The van der Waals surface area contributed by atoms with Crippen LogP contribution in [0.15, 0.2) is 48.5 Å². The summed E-state index contributed by atoms with van der Waals surface area (Å²) in [6.45, 7) is 4.24. The standard InChI is InChI=1S/C18H19BrO2/c1-12-7-3-5-9-14(12)17-18(21-16(11-19)20-17)15-10-6-4-8-13(15)2/h3-10,16-18H,11H2,1-2H3/t17-,18-/m0/s1. The lowest BCUT2D eigenvalue weighted by atomic mass is 9.93. The molecule has 1 fully saturated rings. The number of halogens is 1. The molecule has 1 heterocycles. The molecule has 0 amide bonds. The number of ether oxygens (including phenoxy) is 2. The quantitative estimate of drug-likeness (QED) is 0.739. The molecule has 110 valence electrons. The van der Waals surface area contributed by atoms with Gasteiger partial charge in [0.05, 0.1) is 5.33 Å². The highest BCUT2D eigenvalue weighted by atomic mass is 79.9. The van der Waals surface area contributed by atoms with E-state index in [0.29, 0.717) is 5.33 Å². The minimum atomic E-state index is -0.209. The molecule has 1 saturated heterocycles. The van der Waals surface area contributed by atoms with Gasteiger partial charge in [0.25, 0.3) is 0 Å². The zero-order valence-electron chi connectivity index (χ0n) is 12.3. The summed E-state index contributed by atoms with van der Waals surface area (Å²) in [6.07, 6.45) is -0.330. The van der Waals surface area contributed by atoms with Crippen LogP contribution in [0.4, 0.5) is 0 Å². The summed E-state index contributed by atoms with van der Waals surface area (Å²) in [5, 5.41) is 0.678. The molecule has 3 heteroatoms. The highest BCUT2D eigenvalue weighted by Gasteiger charge is 2.38. The number of rotatable bonds is 3. The van der Waals surface area contributed by atoms with E-state index in [9.17, 15) is 0 Å². The summed E-state index contributed by atoms with van der Waals surface area (Å²) in [5.41, 5.74) is 4.88. The third-order valence-electron chi connectivity index (χ3n) is 3.99. The van der Waals surface area contributed by atoms with Crippen LogP contribution in [-0.2, 0) is 9.47 Å². The lowest BCUT2D eigenvalue weighted by Crippen LogP contribution is -2.09. The van der Waals surface area contributed by atoms with Gasteiger partial charge in [-0.05, 0) is 36.1 Å². The van der Waals surface area contributed by atoms with Gasteiger partial charge < -0.3 is 9.47 Å². The molecule has 0 radical (unpaired) electrons. The molecule has 1 aliphatic heterocycles. The molecule has 0 saturated carbocycles. The summed E-state index contributed by atoms with van der Waals surface area (Å²) >= 11 is 3.46. The molecule has 2 aromatic rings. The van der Waals surface area contributed by atoms with Crippen molar-refractivity contribution in [3.63, 3.8) is 0 Å². The van der Waals surface area contributed by atoms with Gasteiger partial charge in [0, 0.05) is 0 Å². The Labute approximate surface area is 134 Å². The van der Waals surface area contributed by atoms with Gasteiger partial charge in [-0.1, -0.05) is 64.5 Å². The molecule has 2 aromatic carbocycles. The summed E-state index contributed by atoms with van der Waals surface area (Å²) in [4.78, 5) is 0. The van der Waals surface area contributed by atoms with E-state index in [2.05, 4.69) is 78.3 Å². The maximum Gasteiger partial charge on any atom is 0.169 e. The van der Waals surface area contributed by atoms with Gasteiger partial charge in [0.1, 0.15) is 12.2 Å². The molecule has 2 atom stereocenters. The number of benzene rings is 2. The van der Waals surface area contributed by atoms with Crippen molar-refractivity contribution < 1.29 is 9.47 Å². The van der Waals surface area contributed by atoms with Crippen molar-refractivity contribution in [2.75, 3.05) is 5.33 Å². The van der Waals surface area contributed by atoms with E-state index in [0.717, 1.165) is 0 Å². The Balaban J connectivity index is 2.01. The molecule has 0 unspecified atom stereocenters.